The van der Waals surface area contributed by atoms with E-state index in [2.05, 4.69) is 30.1 Å². The smallest absolute Gasteiger partial charge is 0.184 e. The first kappa shape index (κ1) is 11.7. The lowest BCUT2D eigenvalue weighted by Crippen LogP contribution is -2.54. The van der Waals surface area contributed by atoms with Crippen molar-refractivity contribution in [3.8, 4) is 11.5 Å². The van der Waals surface area contributed by atoms with Gasteiger partial charge in [-0.15, -0.1) is 0 Å². The second-order valence-electron chi connectivity index (χ2n) is 5.18. The largest absolute Gasteiger partial charge is 0.486 e. The number of anilines is 1. The van der Waals surface area contributed by atoms with E-state index in [0.29, 0.717) is 25.3 Å². The minimum absolute atomic E-state index is 0.495. The number of hydrogen-bond acceptors (Lipinski definition) is 4. The van der Waals surface area contributed by atoms with E-state index in [0.717, 1.165) is 30.3 Å². The summed E-state index contributed by atoms with van der Waals surface area (Å²) in [5, 5.41) is 3.55. The van der Waals surface area contributed by atoms with E-state index in [1.807, 2.05) is 12.1 Å². The molecule has 2 heterocycles. The van der Waals surface area contributed by atoms with Crippen molar-refractivity contribution >= 4 is 5.69 Å². The average Bonchev–Trinajstić information content (AvgIpc) is 2.37. The molecular weight excluding hydrogens is 228 g/mol. The van der Waals surface area contributed by atoms with Gasteiger partial charge in [-0.2, -0.15) is 0 Å². The molecule has 98 valence electrons. The van der Waals surface area contributed by atoms with E-state index in [1.165, 1.54) is 0 Å². The number of fused-ring (bicyclic) bond motifs is 1. The lowest BCUT2D eigenvalue weighted by Gasteiger charge is -2.38. The van der Waals surface area contributed by atoms with Gasteiger partial charge in [0.25, 0.3) is 0 Å². The van der Waals surface area contributed by atoms with Crippen molar-refractivity contribution in [2.75, 3.05) is 31.2 Å². The van der Waals surface area contributed by atoms with Gasteiger partial charge in [0.05, 0.1) is 5.69 Å². The first-order chi connectivity index (χ1) is 8.74. The summed E-state index contributed by atoms with van der Waals surface area (Å²) in [5.74, 6) is 1.78. The van der Waals surface area contributed by atoms with Crippen molar-refractivity contribution in [3.05, 3.63) is 18.2 Å². The Morgan fingerprint density at radius 1 is 1.11 bits per heavy atom. The summed E-state index contributed by atoms with van der Waals surface area (Å²) in [4.78, 5) is 2.39. The molecule has 2 atom stereocenters. The van der Waals surface area contributed by atoms with Crippen LogP contribution in [0.5, 0.6) is 11.5 Å². The minimum Gasteiger partial charge on any atom is -0.486 e. The van der Waals surface area contributed by atoms with E-state index in [1.54, 1.807) is 0 Å². The molecule has 0 amide bonds. The van der Waals surface area contributed by atoms with Crippen molar-refractivity contribution in [3.63, 3.8) is 0 Å². The molecular formula is C14H20N2O2. The highest BCUT2D eigenvalue weighted by Crippen LogP contribution is 2.39. The van der Waals surface area contributed by atoms with Crippen LogP contribution in [0.1, 0.15) is 13.8 Å². The third kappa shape index (κ3) is 2.12. The van der Waals surface area contributed by atoms with Crippen LogP contribution in [0.15, 0.2) is 18.2 Å². The van der Waals surface area contributed by atoms with Crippen LogP contribution in [0, 0.1) is 0 Å². The second kappa shape index (κ2) is 4.69. The number of hydrogen-bond donors (Lipinski definition) is 1. The van der Waals surface area contributed by atoms with Crippen molar-refractivity contribution in [1.82, 2.24) is 5.32 Å². The molecule has 0 saturated carbocycles. The quantitative estimate of drug-likeness (QED) is 0.819. The molecule has 2 aliphatic heterocycles. The van der Waals surface area contributed by atoms with Crippen LogP contribution in [0.4, 0.5) is 5.69 Å². The first-order valence-electron chi connectivity index (χ1n) is 6.63. The first-order valence-corrected chi connectivity index (χ1v) is 6.63. The molecule has 18 heavy (non-hydrogen) atoms. The molecule has 4 heteroatoms. The predicted molar refractivity (Wildman–Crippen MR) is 71.7 cm³/mol. The number of ether oxygens (including phenoxy) is 2. The van der Waals surface area contributed by atoms with Crippen molar-refractivity contribution < 1.29 is 9.47 Å². The van der Waals surface area contributed by atoms with Gasteiger partial charge in [-0.05, 0) is 26.0 Å². The molecule has 1 saturated heterocycles. The van der Waals surface area contributed by atoms with Crippen LogP contribution < -0.4 is 19.7 Å². The standard InChI is InChI=1S/C14H20N2O2/c1-10-8-16(9-11(2)15-10)12-4-3-5-13-14(12)18-7-6-17-13/h3-5,10-11,15H,6-9H2,1-2H3/t10-,11-/m1/s1. The van der Waals surface area contributed by atoms with E-state index in [9.17, 15) is 0 Å². The molecule has 1 fully saturated rings. The van der Waals surface area contributed by atoms with Crippen LogP contribution in [-0.4, -0.2) is 38.4 Å². The number of nitrogens with one attached hydrogen (secondary N) is 1. The Hall–Kier alpha value is -1.42. The third-order valence-corrected chi connectivity index (χ3v) is 3.44. The molecule has 0 unspecified atom stereocenters. The van der Waals surface area contributed by atoms with Crippen LogP contribution in [0.3, 0.4) is 0 Å². The monoisotopic (exact) mass is 248 g/mol. The maximum absolute atomic E-state index is 5.79. The fraction of sp³-hybridized carbons (Fsp3) is 0.571. The van der Waals surface area contributed by atoms with Gasteiger partial charge in [0, 0.05) is 25.2 Å². The zero-order valence-corrected chi connectivity index (χ0v) is 11.0. The number of piperazine rings is 1. The average molecular weight is 248 g/mol. The van der Waals surface area contributed by atoms with E-state index < -0.39 is 0 Å². The summed E-state index contributed by atoms with van der Waals surface area (Å²) in [7, 11) is 0. The van der Waals surface area contributed by atoms with Crippen molar-refractivity contribution in [2.45, 2.75) is 25.9 Å². The lowest BCUT2D eigenvalue weighted by molar-refractivity contribution is 0.171. The van der Waals surface area contributed by atoms with Gasteiger partial charge in [-0.3, -0.25) is 0 Å². The number of rotatable bonds is 1. The summed E-state index contributed by atoms with van der Waals surface area (Å²) >= 11 is 0. The summed E-state index contributed by atoms with van der Waals surface area (Å²) in [5.41, 5.74) is 1.16. The highest BCUT2D eigenvalue weighted by Gasteiger charge is 2.25. The Balaban J connectivity index is 1.91. The zero-order chi connectivity index (χ0) is 12.5. The van der Waals surface area contributed by atoms with Crippen LogP contribution in [0.2, 0.25) is 0 Å². The Morgan fingerprint density at radius 2 is 1.83 bits per heavy atom. The van der Waals surface area contributed by atoms with E-state index in [4.69, 9.17) is 9.47 Å². The lowest BCUT2D eigenvalue weighted by atomic mass is 10.1. The summed E-state index contributed by atoms with van der Waals surface area (Å²) in [6.07, 6.45) is 0. The fourth-order valence-electron chi connectivity index (χ4n) is 2.83. The molecule has 3 rings (SSSR count). The second-order valence-corrected chi connectivity index (χ2v) is 5.18. The van der Waals surface area contributed by atoms with Gasteiger partial charge in [0.2, 0.25) is 0 Å². The number of benzene rings is 1. The van der Waals surface area contributed by atoms with Gasteiger partial charge in [0.1, 0.15) is 13.2 Å². The summed E-state index contributed by atoms with van der Waals surface area (Å²) in [6, 6.07) is 7.13. The molecule has 0 radical (unpaired) electrons. The third-order valence-electron chi connectivity index (χ3n) is 3.44. The SMILES string of the molecule is C[C@@H]1CN(c2cccc3c2OCCO3)C[C@@H](C)N1. The molecule has 1 aromatic rings. The molecule has 1 N–H and O–H groups in total. The Bertz CT molecular complexity index is 426. The van der Waals surface area contributed by atoms with E-state index >= 15 is 0 Å². The Morgan fingerprint density at radius 3 is 2.61 bits per heavy atom. The predicted octanol–water partition coefficient (Wildman–Crippen LogP) is 1.64. The van der Waals surface area contributed by atoms with Gasteiger partial charge in [-0.25, -0.2) is 0 Å². The number of nitrogens with zero attached hydrogens (tertiary/aromatic N) is 1. The molecule has 0 aromatic heterocycles. The molecule has 4 nitrogen and oxygen atoms in total. The van der Waals surface area contributed by atoms with Crippen molar-refractivity contribution in [2.24, 2.45) is 0 Å². The Kier molecular flexibility index (Phi) is 3.04. The molecule has 0 spiro atoms. The van der Waals surface area contributed by atoms with Crippen LogP contribution >= 0.6 is 0 Å². The Labute approximate surface area is 108 Å². The number of para-hydroxylation sites is 1. The van der Waals surface area contributed by atoms with E-state index in [-0.39, 0.29) is 0 Å². The zero-order valence-electron chi connectivity index (χ0n) is 11.0. The highest BCUT2D eigenvalue weighted by atomic mass is 16.6. The van der Waals surface area contributed by atoms with Gasteiger partial charge >= 0.3 is 0 Å². The van der Waals surface area contributed by atoms with Gasteiger partial charge < -0.3 is 19.7 Å². The summed E-state index contributed by atoms with van der Waals surface area (Å²) < 4.78 is 11.4. The molecule has 0 aliphatic carbocycles. The van der Waals surface area contributed by atoms with Crippen LogP contribution in [0.25, 0.3) is 0 Å². The normalized spacial score (nSPS) is 27.1. The van der Waals surface area contributed by atoms with Crippen LogP contribution in [-0.2, 0) is 0 Å². The van der Waals surface area contributed by atoms with Crippen molar-refractivity contribution in [1.29, 1.82) is 0 Å². The van der Waals surface area contributed by atoms with Gasteiger partial charge in [-0.1, -0.05) is 6.07 Å². The summed E-state index contributed by atoms with van der Waals surface area (Å²) in [6.45, 7) is 7.73. The molecule has 2 aliphatic rings. The molecule has 0 bridgehead atoms. The highest BCUT2D eigenvalue weighted by molar-refractivity contribution is 5.65. The minimum atomic E-state index is 0.495. The van der Waals surface area contributed by atoms with Gasteiger partial charge in [0.15, 0.2) is 11.5 Å². The molecule has 1 aromatic carbocycles. The maximum Gasteiger partial charge on any atom is 0.184 e. The maximum atomic E-state index is 5.79. The topological polar surface area (TPSA) is 33.7 Å². The fourth-order valence-corrected chi connectivity index (χ4v) is 2.83.